The van der Waals surface area contributed by atoms with Crippen molar-refractivity contribution in [1.29, 1.82) is 0 Å². The van der Waals surface area contributed by atoms with E-state index in [4.69, 9.17) is 0 Å². The van der Waals surface area contributed by atoms with Gasteiger partial charge in [0.05, 0.1) is 4.92 Å². The molecule has 1 saturated heterocycles. The summed E-state index contributed by atoms with van der Waals surface area (Å²) < 4.78 is 0. The molecule has 1 heterocycles. The highest BCUT2D eigenvalue weighted by Crippen LogP contribution is 2.51. The number of carbonyl (C=O) groups is 2. The van der Waals surface area contributed by atoms with Crippen LogP contribution in [-0.4, -0.2) is 28.9 Å². The van der Waals surface area contributed by atoms with Gasteiger partial charge in [-0.05, 0) is 23.3 Å². The van der Waals surface area contributed by atoms with Crippen LogP contribution in [0.4, 0.5) is 21.0 Å². The van der Waals surface area contributed by atoms with Crippen molar-refractivity contribution in [2.24, 2.45) is 0 Å². The SMILES string of the molecule is CN1C(=O)NC2(c3ccccc3-c3ccccc32)N(c2ccc([N+](=O)[O-])cc2)C1=O. The van der Waals surface area contributed by atoms with Crippen LogP contribution in [0.15, 0.2) is 72.8 Å². The number of anilines is 1. The van der Waals surface area contributed by atoms with Gasteiger partial charge in [-0.1, -0.05) is 48.5 Å². The van der Waals surface area contributed by atoms with E-state index < -0.39 is 22.6 Å². The van der Waals surface area contributed by atoms with E-state index in [1.807, 2.05) is 48.5 Å². The zero-order valence-corrected chi connectivity index (χ0v) is 15.9. The van der Waals surface area contributed by atoms with Gasteiger partial charge in [0.2, 0.25) is 0 Å². The molecule has 8 nitrogen and oxygen atoms in total. The van der Waals surface area contributed by atoms with Crippen LogP contribution >= 0.6 is 0 Å². The van der Waals surface area contributed by atoms with E-state index in [1.54, 1.807) is 0 Å². The third-order valence-electron chi connectivity index (χ3n) is 5.65. The Kier molecular flexibility index (Phi) is 3.66. The third-order valence-corrected chi connectivity index (χ3v) is 5.65. The van der Waals surface area contributed by atoms with Gasteiger partial charge in [-0.25, -0.2) is 14.5 Å². The smallest absolute Gasteiger partial charge is 0.306 e. The van der Waals surface area contributed by atoms with Crippen LogP contribution in [0.3, 0.4) is 0 Å². The zero-order valence-electron chi connectivity index (χ0n) is 15.9. The van der Waals surface area contributed by atoms with Gasteiger partial charge in [0.25, 0.3) is 5.69 Å². The molecule has 1 spiro atoms. The van der Waals surface area contributed by atoms with E-state index >= 15 is 0 Å². The van der Waals surface area contributed by atoms with Crippen LogP contribution in [-0.2, 0) is 5.66 Å². The molecule has 1 N–H and O–H groups in total. The van der Waals surface area contributed by atoms with Crippen molar-refractivity contribution in [2.75, 3.05) is 11.9 Å². The summed E-state index contributed by atoms with van der Waals surface area (Å²) in [6.07, 6.45) is 0. The van der Waals surface area contributed by atoms with E-state index in [2.05, 4.69) is 5.32 Å². The minimum Gasteiger partial charge on any atom is -0.306 e. The molecule has 0 atom stereocenters. The lowest BCUT2D eigenvalue weighted by Gasteiger charge is -2.48. The van der Waals surface area contributed by atoms with Crippen LogP contribution in [0.5, 0.6) is 0 Å². The molecule has 5 rings (SSSR count). The molecule has 8 heteroatoms. The normalized spacial score (nSPS) is 16.3. The summed E-state index contributed by atoms with van der Waals surface area (Å²) in [5, 5.41) is 14.1. The van der Waals surface area contributed by atoms with Gasteiger partial charge < -0.3 is 5.32 Å². The zero-order chi connectivity index (χ0) is 21.0. The van der Waals surface area contributed by atoms with E-state index in [9.17, 15) is 19.7 Å². The highest BCUT2D eigenvalue weighted by atomic mass is 16.6. The molecule has 30 heavy (non-hydrogen) atoms. The minimum absolute atomic E-state index is 0.0816. The second kappa shape index (κ2) is 6.15. The molecule has 0 unspecified atom stereocenters. The van der Waals surface area contributed by atoms with Gasteiger partial charge in [-0.2, -0.15) is 0 Å². The minimum atomic E-state index is -1.26. The van der Waals surface area contributed by atoms with Crippen molar-refractivity contribution < 1.29 is 14.5 Å². The second-order valence-electron chi connectivity index (χ2n) is 7.18. The number of amides is 4. The molecule has 3 aromatic carbocycles. The first-order valence-electron chi connectivity index (χ1n) is 9.29. The van der Waals surface area contributed by atoms with Crippen molar-refractivity contribution >= 4 is 23.4 Å². The van der Waals surface area contributed by atoms with E-state index in [1.165, 1.54) is 36.2 Å². The van der Waals surface area contributed by atoms with Gasteiger partial charge in [0, 0.05) is 36.0 Å². The average Bonchev–Trinajstić information content (AvgIpc) is 3.03. The number of carbonyl (C=O) groups excluding carboxylic acids is 2. The molecule has 1 fully saturated rings. The fourth-order valence-corrected chi connectivity index (χ4v) is 4.29. The summed E-state index contributed by atoms with van der Waals surface area (Å²) in [4.78, 5) is 39.3. The Morgan fingerprint density at radius 1 is 0.867 bits per heavy atom. The summed E-state index contributed by atoms with van der Waals surface area (Å²) in [6, 6.07) is 19.9. The number of imide groups is 1. The number of nitro benzene ring substituents is 1. The number of hydrogen-bond donors (Lipinski definition) is 1. The highest BCUT2D eigenvalue weighted by molar-refractivity contribution is 6.08. The van der Waals surface area contributed by atoms with Gasteiger partial charge in [-0.3, -0.25) is 15.0 Å². The highest BCUT2D eigenvalue weighted by Gasteiger charge is 2.55. The average molecular weight is 400 g/mol. The molecule has 1 aliphatic carbocycles. The molecule has 3 aromatic rings. The number of hydrogen-bond acceptors (Lipinski definition) is 4. The van der Waals surface area contributed by atoms with Crippen LogP contribution in [0.2, 0.25) is 0 Å². The third kappa shape index (κ3) is 2.21. The summed E-state index contributed by atoms with van der Waals surface area (Å²) >= 11 is 0. The Bertz CT molecular complexity index is 1180. The van der Waals surface area contributed by atoms with Crippen LogP contribution < -0.4 is 10.2 Å². The summed E-state index contributed by atoms with van der Waals surface area (Å²) in [6.45, 7) is 0. The Morgan fingerprint density at radius 2 is 1.40 bits per heavy atom. The number of nitro groups is 1. The molecule has 4 amide bonds. The fraction of sp³-hybridized carbons (Fsp3) is 0.0909. The van der Waals surface area contributed by atoms with E-state index in [-0.39, 0.29) is 5.69 Å². The number of urea groups is 2. The lowest BCUT2D eigenvalue weighted by molar-refractivity contribution is -0.384. The van der Waals surface area contributed by atoms with Gasteiger partial charge in [-0.15, -0.1) is 0 Å². The first-order valence-corrected chi connectivity index (χ1v) is 9.29. The first-order chi connectivity index (χ1) is 14.4. The van der Waals surface area contributed by atoms with Crippen LogP contribution in [0.25, 0.3) is 11.1 Å². The Balaban J connectivity index is 1.81. The molecular formula is C22H16N4O4. The van der Waals surface area contributed by atoms with Crippen molar-refractivity contribution in [3.8, 4) is 11.1 Å². The summed E-state index contributed by atoms with van der Waals surface area (Å²) in [5.74, 6) is 0. The Labute approximate surface area is 171 Å². The topological polar surface area (TPSA) is 95.8 Å². The van der Waals surface area contributed by atoms with E-state index in [0.29, 0.717) is 5.69 Å². The maximum atomic E-state index is 13.4. The van der Waals surface area contributed by atoms with Crippen LogP contribution in [0.1, 0.15) is 11.1 Å². The second-order valence-corrected chi connectivity index (χ2v) is 7.18. The number of benzene rings is 3. The maximum Gasteiger partial charge on any atom is 0.334 e. The summed E-state index contributed by atoms with van der Waals surface area (Å²) in [7, 11) is 1.40. The quantitative estimate of drug-likeness (QED) is 0.518. The molecule has 0 saturated carbocycles. The number of fused-ring (bicyclic) bond motifs is 5. The maximum absolute atomic E-state index is 13.4. The lowest BCUT2D eigenvalue weighted by Crippen LogP contribution is -2.70. The Hall–Kier alpha value is -4.20. The van der Waals surface area contributed by atoms with Crippen molar-refractivity contribution in [1.82, 2.24) is 10.2 Å². The van der Waals surface area contributed by atoms with Crippen LogP contribution in [0, 0.1) is 10.1 Å². The predicted molar refractivity (Wildman–Crippen MR) is 110 cm³/mol. The largest absolute Gasteiger partial charge is 0.334 e. The Morgan fingerprint density at radius 3 is 1.93 bits per heavy atom. The number of nitrogens with zero attached hydrogens (tertiary/aromatic N) is 3. The predicted octanol–water partition coefficient (Wildman–Crippen LogP) is 4.06. The molecule has 148 valence electrons. The van der Waals surface area contributed by atoms with Crippen molar-refractivity contribution in [2.45, 2.75) is 5.66 Å². The van der Waals surface area contributed by atoms with Crippen molar-refractivity contribution in [3.63, 3.8) is 0 Å². The van der Waals surface area contributed by atoms with Gasteiger partial charge in [0.1, 0.15) is 0 Å². The molecule has 0 bridgehead atoms. The monoisotopic (exact) mass is 400 g/mol. The number of nitrogens with one attached hydrogen (secondary N) is 1. The van der Waals surface area contributed by atoms with Gasteiger partial charge in [0.15, 0.2) is 5.66 Å². The molecular weight excluding hydrogens is 384 g/mol. The number of rotatable bonds is 2. The molecule has 0 aromatic heterocycles. The molecule has 0 radical (unpaired) electrons. The first kappa shape index (κ1) is 17.9. The van der Waals surface area contributed by atoms with E-state index in [0.717, 1.165) is 27.2 Å². The van der Waals surface area contributed by atoms with Crippen molar-refractivity contribution in [3.05, 3.63) is 94.0 Å². The fourth-order valence-electron chi connectivity index (χ4n) is 4.29. The standard InChI is InChI=1S/C22H16N4O4/c1-24-20(27)23-22(25(21(24)28)14-10-12-15(13-11-14)26(29)30)18-8-4-2-6-16(18)17-7-3-5-9-19(17)22/h2-13H,1H3,(H,23,27). The summed E-state index contributed by atoms with van der Waals surface area (Å²) in [5.41, 5.74) is 2.45. The lowest BCUT2D eigenvalue weighted by atomic mass is 9.93. The molecule has 1 aliphatic heterocycles. The van der Waals surface area contributed by atoms with Gasteiger partial charge >= 0.3 is 12.1 Å². The molecule has 2 aliphatic rings. The number of non-ortho nitro benzene ring substituents is 1.